The zero-order valence-electron chi connectivity index (χ0n) is 10.0. The second kappa shape index (κ2) is 6.65. The summed E-state index contributed by atoms with van der Waals surface area (Å²) in [6.45, 7) is 0. The van der Waals surface area contributed by atoms with E-state index in [-0.39, 0.29) is 12.3 Å². The lowest BCUT2D eigenvalue weighted by Gasteiger charge is -2.00. The van der Waals surface area contributed by atoms with E-state index in [2.05, 4.69) is 20.7 Å². The number of hydrogen-bond acceptors (Lipinski definition) is 6. The third-order valence-electron chi connectivity index (χ3n) is 2.18. The standard InChI is InChI=1S/C11H9Cl2N5OS/c12-7-2-1-3-8(13)6(7)5-15-16-9(19)4-10-17-18-11(14)20-10/h1-3,5H,4H2,(H2,14,18)(H,16,19)/b15-5-. The minimum absolute atomic E-state index is 0.0580. The molecule has 1 heterocycles. The summed E-state index contributed by atoms with van der Waals surface area (Å²) >= 11 is 13.1. The molecular weight excluding hydrogens is 321 g/mol. The maximum atomic E-state index is 11.6. The normalized spacial score (nSPS) is 10.9. The van der Waals surface area contributed by atoms with E-state index in [1.54, 1.807) is 18.2 Å². The van der Waals surface area contributed by atoms with Crippen molar-refractivity contribution in [2.45, 2.75) is 6.42 Å². The van der Waals surface area contributed by atoms with Crippen molar-refractivity contribution in [2.24, 2.45) is 5.10 Å². The predicted octanol–water partition coefficient (Wildman–Crippen LogP) is 2.12. The number of anilines is 1. The molecule has 0 aliphatic heterocycles. The van der Waals surface area contributed by atoms with E-state index in [1.165, 1.54) is 6.21 Å². The van der Waals surface area contributed by atoms with Gasteiger partial charge in [-0.15, -0.1) is 10.2 Å². The zero-order chi connectivity index (χ0) is 14.5. The number of nitrogens with zero attached hydrogens (tertiary/aromatic N) is 3. The number of nitrogens with two attached hydrogens (primary N) is 1. The van der Waals surface area contributed by atoms with Gasteiger partial charge in [0, 0.05) is 5.56 Å². The van der Waals surface area contributed by atoms with Gasteiger partial charge < -0.3 is 5.73 Å². The van der Waals surface area contributed by atoms with Gasteiger partial charge in [-0.05, 0) is 12.1 Å². The Morgan fingerprint density at radius 1 is 1.40 bits per heavy atom. The monoisotopic (exact) mass is 329 g/mol. The van der Waals surface area contributed by atoms with Gasteiger partial charge in [0.15, 0.2) is 0 Å². The Morgan fingerprint density at radius 2 is 2.10 bits per heavy atom. The first-order valence-corrected chi connectivity index (χ1v) is 6.97. The molecule has 1 amide bonds. The summed E-state index contributed by atoms with van der Waals surface area (Å²) in [5.74, 6) is -0.333. The van der Waals surface area contributed by atoms with Crippen molar-refractivity contribution in [3.63, 3.8) is 0 Å². The van der Waals surface area contributed by atoms with Crippen LogP contribution in [0.25, 0.3) is 0 Å². The highest BCUT2D eigenvalue weighted by Gasteiger charge is 2.07. The van der Waals surface area contributed by atoms with Gasteiger partial charge in [0.1, 0.15) is 5.01 Å². The molecule has 0 spiro atoms. The molecule has 0 aliphatic carbocycles. The summed E-state index contributed by atoms with van der Waals surface area (Å²) in [7, 11) is 0. The average molecular weight is 330 g/mol. The van der Waals surface area contributed by atoms with Crippen molar-refractivity contribution in [2.75, 3.05) is 5.73 Å². The molecule has 1 aromatic heterocycles. The molecule has 0 radical (unpaired) electrons. The van der Waals surface area contributed by atoms with Crippen molar-refractivity contribution in [3.8, 4) is 0 Å². The topological polar surface area (TPSA) is 93.3 Å². The number of aromatic nitrogens is 2. The van der Waals surface area contributed by atoms with Crippen LogP contribution in [0.4, 0.5) is 5.13 Å². The highest BCUT2D eigenvalue weighted by molar-refractivity contribution is 7.15. The third-order valence-corrected chi connectivity index (χ3v) is 3.59. The second-order valence-corrected chi connectivity index (χ2v) is 5.55. The molecule has 0 atom stereocenters. The van der Waals surface area contributed by atoms with Crippen LogP contribution in [0, 0.1) is 0 Å². The lowest BCUT2D eigenvalue weighted by atomic mass is 10.2. The number of rotatable bonds is 4. The molecule has 9 heteroatoms. The molecule has 1 aromatic carbocycles. The lowest BCUT2D eigenvalue weighted by molar-refractivity contribution is -0.120. The molecule has 6 nitrogen and oxygen atoms in total. The summed E-state index contributed by atoms with van der Waals surface area (Å²) in [4.78, 5) is 11.6. The summed E-state index contributed by atoms with van der Waals surface area (Å²) < 4.78 is 0. The van der Waals surface area contributed by atoms with Crippen LogP contribution in [-0.2, 0) is 11.2 Å². The molecule has 0 bridgehead atoms. The van der Waals surface area contributed by atoms with Gasteiger partial charge in [-0.3, -0.25) is 4.79 Å². The van der Waals surface area contributed by atoms with Crippen LogP contribution in [0.15, 0.2) is 23.3 Å². The highest BCUT2D eigenvalue weighted by Crippen LogP contribution is 2.22. The molecule has 0 saturated heterocycles. The van der Waals surface area contributed by atoms with Gasteiger partial charge in [-0.1, -0.05) is 40.6 Å². The van der Waals surface area contributed by atoms with E-state index in [0.717, 1.165) is 11.3 Å². The first-order valence-electron chi connectivity index (χ1n) is 5.40. The SMILES string of the molecule is Nc1nnc(CC(=O)N/N=C\c2c(Cl)cccc2Cl)s1. The number of benzene rings is 1. The fourth-order valence-corrected chi connectivity index (χ4v) is 2.42. The van der Waals surface area contributed by atoms with E-state index in [9.17, 15) is 4.79 Å². The van der Waals surface area contributed by atoms with Crippen LogP contribution in [0.2, 0.25) is 10.0 Å². The molecule has 2 rings (SSSR count). The highest BCUT2D eigenvalue weighted by atomic mass is 35.5. The zero-order valence-corrected chi connectivity index (χ0v) is 12.3. The van der Waals surface area contributed by atoms with Gasteiger partial charge in [0.25, 0.3) is 0 Å². The largest absolute Gasteiger partial charge is 0.374 e. The summed E-state index contributed by atoms with van der Waals surface area (Å²) in [5, 5.41) is 12.9. The number of hydrazone groups is 1. The van der Waals surface area contributed by atoms with Crippen molar-refractivity contribution in [1.29, 1.82) is 0 Å². The molecule has 3 N–H and O–H groups in total. The van der Waals surface area contributed by atoms with Crippen LogP contribution >= 0.6 is 34.5 Å². The van der Waals surface area contributed by atoms with E-state index >= 15 is 0 Å². The van der Waals surface area contributed by atoms with E-state index < -0.39 is 0 Å². The van der Waals surface area contributed by atoms with Crippen LogP contribution in [0.3, 0.4) is 0 Å². The Kier molecular flexibility index (Phi) is 4.89. The molecular formula is C11H9Cl2N5OS. The van der Waals surface area contributed by atoms with Crippen molar-refractivity contribution < 1.29 is 4.79 Å². The van der Waals surface area contributed by atoms with Gasteiger partial charge in [0.05, 0.1) is 22.7 Å². The Labute approximate surface area is 128 Å². The van der Waals surface area contributed by atoms with Gasteiger partial charge in [0.2, 0.25) is 11.0 Å². The van der Waals surface area contributed by atoms with Crippen LogP contribution in [0.1, 0.15) is 10.6 Å². The number of nitrogens with one attached hydrogen (secondary N) is 1. The smallest absolute Gasteiger partial charge is 0.247 e. The number of carbonyl (C=O) groups excluding carboxylic acids is 1. The van der Waals surface area contributed by atoms with Gasteiger partial charge in [-0.25, -0.2) is 5.43 Å². The minimum atomic E-state index is -0.333. The number of carbonyl (C=O) groups is 1. The van der Waals surface area contributed by atoms with E-state index in [1.807, 2.05) is 0 Å². The van der Waals surface area contributed by atoms with Crippen molar-refractivity contribution >= 4 is 51.8 Å². The lowest BCUT2D eigenvalue weighted by Crippen LogP contribution is -2.19. The molecule has 104 valence electrons. The van der Waals surface area contributed by atoms with Crippen LogP contribution in [0.5, 0.6) is 0 Å². The van der Waals surface area contributed by atoms with E-state index in [0.29, 0.717) is 25.7 Å². The first-order chi connectivity index (χ1) is 9.56. The molecule has 20 heavy (non-hydrogen) atoms. The first kappa shape index (κ1) is 14.7. The maximum absolute atomic E-state index is 11.6. The fraction of sp³-hybridized carbons (Fsp3) is 0.0909. The number of hydrogen-bond donors (Lipinski definition) is 2. The molecule has 2 aromatic rings. The van der Waals surface area contributed by atoms with Crippen LogP contribution < -0.4 is 11.2 Å². The Hall–Kier alpha value is -1.70. The number of amides is 1. The fourth-order valence-electron chi connectivity index (χ4n) is 1.32. The molecule has 0 unspecified atom stereocenters. The molecule has 0 saturated carbocycles. The third kappa shape index (κ3) is 3.89. The Morgan fingerprint density at radius 3 is 2.70 bits per heavy atom. The van der Waals surface area contributed by atoms with Crippen molar-refractivity contribution in [1.82, 2.24) is 15.6 Å². The summed E-state index contributed by atoms with van der Waals surface area (Å²) in [5.41, 5.74) is 8.31. The summed E-state index contributed by atoms with van der Waals surface area (Å²) in [6.07, 6.45) is 1.44. The van der Waals surface area contributed by atoms with Gasteiger partial charge in [-0.2, -0.15) is 5.10 Å². The number of nitrogen functional groups attached to an aromatic ring is 1. The average Bonchev–Trinajstić information content (AvgIpc) is 2.78. The maximum Gasteiger partial charge on any atom is 0.247 e. The van der Waals surface area contributed by atoms with Crippen molar-refractivity contribution in [3.05, 3.63) is 38.8 Å². The van der Waals surface area contributed by atoms with Crippen LogP contribution in [-0.4, -0.2) is 22.3 Å². The minimum Gasteiger partial charge on any atom is -0.374 e. The Balaban J connectivity index is 1.94. The second-order valence-electron chi connectivity index (χ2n) is 3.64. The van der Waals surface area contributed by atoms with E-state index in [4.69, 9.17) is 28.9 Å². The Bertz CT molecular complexity index is 638. The quantitative estimate of drug-likeness (QED) is 0.663. The number of halogens is 2. The summed E-state index contributed by atoms with van der Waals surface area (Å²) in [6, 6.07) is 5.09. The molecule has 0 aliphatic rings. The molecule has 0 fully saturated rings. The predicted molar refractivity (Wildman–Crippen MR) is 80.2 cm³/mol. The van der Waals surface area contributed by atoms with Gasteiger partial charge >= 0.3 is 0 Å².